The van der Waals surface area contributed by atoms with Crippen molar-refractivity contribution in [3.63, 3.8) is 0 Å². The summed E-state index contributed by atoms with van der Waals surface area (Å²) in [7, 11) is 1.58. The van der Waals surface area contributed by atoms with Crippen molar-refractivity contribution in [2.45, 2.75) is 20.3 Å². The zero-order chi connectivity index (χ0) is 20.8. The van der Waals surface area contributed by atoms with Gasteiger partial charge in [-0.25, -0.2) is 14.8 Å². The number of amides is 3. The Morgan fingerprint density at radius 3 is 2.62 bits per heavy atom. The molecule has 0 bridgehead atoms. The summed E-state index contributed by atoms with van der Waals surface area (Å²) in [5.74, 6) is 0.198. The number of nitrogens with zero attached hydrogens (tertiary/aromatic N) is 3. The lowest BCUT2D eigenvalue weighted by molar-refractivity contribution is 0.0962. The zero-order valence-electron chi connectivity index (χ0n) is 16.4. The van der Waals surface area contributed by atoms with Crippen LogP contribution in [-0.4, -0.2) is 40.5 Å². The SMILES string of the molecule is CCNC(=O)Nc1cc(-c2nc(CC)cs2)c(-c2cncc(C(=O)NC)c2)cn1. The Morgan fingerprint density at radius 1 is 1.10 bits per heavy atom. The first-order valence-corrected chi connectivity index (χ1v) is 10.1. The van der Waals surface area contributed by atoms with Crippen molar-refractivity contribution in [3.8, 4) is 21.7 Å². The van der Waals surface area contributed by atoms with Crippen LogP contribution in [0.1, 0.15) is 29.9 Å². The number of aryl methyl sites for hydroxylation is 1. The summed E-state index contributed by atoms with van der Waals surface area (Å²) in [6.07, 6.45) is 5.68. The van der Waals surface area contributed by atoms with E-state index in [2.05, 4.69) is 30.9 Å². The van der Waals surface area contributed by atoms with E-state index in [1.165, 1.54) is 17.5 Å². The van der Waals surface area contributed by atoms with E-state index >= 15 is 0 Å². The summed E-state index contributed by atoms with van der Waals surface area (Å²) in [6.45, 7) is 4.40. The van der Waals surface area contributed by atoms with Crippen LogP contribution in [0, 0.1) is 0 Å². The summed E-state index contributed by atoms with van der Waals surface area (Å²) >= 11 is 1.52. The van der Waals surface area contributed by atoms with Crippen molar-refractivity contribution in [2.24, 2.45) is 0 Å². The second-order valence-electron chi connectivity index (χ2n) is 6.14. The first-order valence-electron chi connectivity index (χ1n) is 9.22. The third-order valence-corrected chi connectivity index (χ3v) is 5.09. The minimum absolute atomic E-state index is 0.217. The van der Waals surface area contributed by atoms with Crippen LogP contribution in [0.4, 0.5) is 10.6 Å². The Hall–Kier alpha value is -3.33. The van der Waals surface area contributed by atoms with Crippen molar-refractivity contribution < 1.29 is 9.59 Å². The van der Waals surface area contributed by atoms with E-state index in [0.29, 0.717) is 17.9 Å². The fraction of sp³-hybridized carbons (Fsp3) is 0.250. The van der Waals surface area contributed by atoms with Gasteiger partial charge in [0.1, 0.15) is 10.8 Å². The minimum Gasteiger partial charge on any atom is -0.355 e. The van der Waals surface area contributed by atoms with Gasteiger partial charge in [0, 0.05) is 54.3 Å². The first-order chi connectivity index (χ1) is 14.0. The molecule has 3 N–H and O–H groups in total. The second kappa shape index (κ2) is 9.24. The topological polar surface area (TPSA) is 109 Å². The highest BCUT2D eigenvalue weighted by molar-refractivity contribution is 7.13. The Balaban J connectivity index is 2.08. The van der Waals surface area contributed by atoms with Gasteiger partial charge < -0.3 is 10.6 Å². The summed E-state index contributed by atoms with van der Waals surface area (Å²) < 4.78 is 0. The van der Waals surface area contributed by atoms with E-state index in [1.807, 2.05) is 19.2 Å². The van der Waals surface area contributed by atoms with Crippen LogP contribution in [-0.2, 0) is 6.42 Å². The molecule has 29 heavy (non-hydrogen) atoms. The molecule has 3 rings (SSSR count). The van der Waals surface area contributed by atoms with E-state index in [4.69, 9.17) is 0 Å². The monoisotopic (exact) mass is 410 g/mol. The minimum atomic E-state index is -0.324. The Bertz CT molecular complexity index is 1030. The molecule has 0 aliphatic rings. The summed E-state index contributed by atoms with van der Waals surface area (Å²) in [4.78, 5) is 37.1. The quantitative estimate of drug-likeness (QED) is 0.578. The number of nitrogens with one attached hydrogen (secondary N) is 3. The normalized spacial score (nSPS) is 10.4. The molecule has 8 nitrogen and oxygen atoms in total. The molecule has 0 radical (unpaired) electrons. The predicted molar refractivity (Wildman–Crippen MR) is 114 cm³/mol. The average Bonchev–Trinajstić information content (AvgIpc) is 3.22. The number of pyridine rings is 2. The molecule has 3 amide bonds. The lowest BCUT2D eigenvalue weighted by Gasteiger charge is -2.11. The molecule has 0 spiro atoms. The molecular formula is C20H22N6O2S. The largest absolute Gasteiger partial charge is 0.355 e. The van der Waals surface area contributed by atoms with Crippen molar-refractivity contribution in [1.82, 2.24) is 25.6 Å². The number of thiazole rings is 1. The standard InChI is InChI=1S/C20H22N6O2S/c1-4-14-11-29-19(25-14)15-7-17(26-20(28)23-5-2)24-10-16(15)12-6-13(9-22-8-12)18(27)21-3/h6-11H,4-5H2,1-3H3,(H,21,27)(H2,23,24,26,28). The van der Waals surface area contributed by atoms with Gasteiger partial charge in [0.25, 0.3) is 5.91 Å². The van der Waals surface area contributed by atoms with Crippen LogP contribution in [0.5, 0.6) is 0 Å². The van der Waals surface area contributed by atoms with Gasteiger partial charge in [0.05, 0.1) is 11.3 Å². The van der Waals surface area contributed by atoms with E-state index in [9.17, 15) is 9.59 Å². The molecule has 0 aromatic carbocycles. The van der Waals surface area contributed by atoms with Crippen LogP contribution in [0.25, 0.3) is 21.7 Å². The van der Waals surface area contributed by atoms with Crippen LogP contribution < -0.4 is 16.0 Å². The predicted octanol–water partition coefficient (Wildman–Crippen LogP) is 3.33. The van der Waals surface area contributed by atoms with Gasteiger partial charge in [0.2, 0.25) is 0 Å². The zero-order valence-corrected chi connectivity index (χ0v) is 17.3. The second-order valence-corrected chi connectivity index (χ2v) is 7.00. The average molecular weight is 411 g/mol. The Morgan fingerprint density at radius 2 is 1.93 bits per heavy atom. The number of hydrogen-bond donors (Lipinski definition) is 3. The molecule has 3 heterocycles. The molecule has 0 aliphatic carbocycles. The molecule has 0 saturated heterocycles. The number of carbonyl (C=O) groups is 2. The van der Waals surface area contributed by atoms with Crippen molar-refractivity contribution in [2.75, 3.05) is 18.9 Å². The molecule has 9 heteroatoms. The number of aromatic nitrogens is 3. The molecular weight excluding hydrogens is 388 g/mol. The Kier molecular flexibility index (Phi) is 6.50. The van der Waals surface area contributed by atoms with Crippen LogP contribution >= 0.6 is 11.3 Å². The Labute approximate surface area is 172 Å². The number of rotatable bonds is 6. The van der Waals surface area contributed by atoms with E-state index in [0.717, 1.165) is 33.8 Å². The number of anilines is 1. The van der Waals surface area contributed by atoms with Crippen LogP contribution in [0.3, 0.4) is 0 Å². The first kappa shape index (κ1) is 20.4. The van der Waals surface area contributed by atoms with Gasteiger partial charge in [-0.15, -0.1) is 11.3 Å². The van der Waals surface area contributed by atoms with E-state index in [-0.39, 0.29) is 11.9 Å². The highest BCUT2D eigenvalue weighted by atomic mass is 32.1. The van der Waals surface area contributed by atoms with Gasteiger partial charge in [-0.05, 0) is 25.5 Å². The van der Waals surface area contributed by atoms with Crippen molar-refractivity contribution in [3.05, 3.63) is 47.4 Å². The fourth-order valence-corrected chi connectivity index (χ4v) is 3.63. The van der Waals surface area contributed by atoms with Gasteiger partial charge in [-0.3, -0.25) is 15.1 Å². The summed E-state index contributed by atoms with van der Waals surface area (Å²) in [6, 6.07) is 3.22. The van der Waals surface area contributed by atoms with E-state index in [1.54, 1.807) is 31.6 Å². The van der Waals surface area contributed by atoms with E-state index < -0.39 is 0 Å². The number of hydrogen-bond acceptors (Lipinski definition) is 6. The van der Waals surface area contributed by atoms with Gasteiger partial charge in [0.15, 0.2) is 0 Å². The van der Waals surface area contributed by atoms with Crippen molar-refractivity contribution >= 4 is 29.1 Å². The summed E-state index contributed by atoms with van der Waals surface area (Å²) in [5.41, 5.74) is 3.78. The molecule has 3 aromatic heterocycles. The van der Waals surface area contributed by atoms with Crippen LogP contribution in [0.2, 0.25) is 0 Å². The molecule has 0 fully saturated rings. The highest BCUT2D eigenvalue weighted by Gasteiger charge is 2.16. The molecule has 0 aliphatic heterocycles. The maximum Gasteiger partial charge on any atom is 0.320 e. The molecule has 0 saturated carbocycles. The number of urea groups is 1. The van der Waals surface area contributed by atoms with Gasteiger partial charge in [-0.2, -0.15) is 0 Å². The van der Waals surface area contributed by atoms with Crippen LogP contribution in [0.15, 0.2) is 36.1 Å². The smallest absolute Gasteiger partial charge is 0.320 e. The van der Waals surface area contributed by atoms with Gasteiger partial charge in [-0.1, -0.05) is 6.92 Å². The van der Waals surface area contributed by atoms with Crippen molar-refractivity contribution in [1.29, 1.82) is 0 Å². The lowest BCUT2D eigenvalue weighted by atomic mass is 10.0. The third kappa shape index (κ3) is 4.75. The number of carbonyl (C=O) groups excluding carboxylic acids is 2. The molecule has 0 atom stereocenters. The maximum atomic E-state index is 12.0. The molecule has 0 unspecified atom stereocenters. The fourth-order valence-electron chi connectivity index (χ4n) is 2.70. The third-order valence-electron chi connectivity index (χ3n) is 4.17. The lowest BCUT2D eigenvalue weighted by Crippen LogP contribution is -2.28. The highest BCUT2D eigenvalue weighted by Crippen LogP contribution is 2.35. The molecule has 3 aromatic rings. The molecule has 150 valence electrons. The summed E-state index contributed by atoms with van der Waals surface area (Å²) in [5, 5.41) is 10.8. The maximum absolute atomic E-state index is 12.0. The van der Waals surface area contributed by atoms with Gasteiger partial charge >= 0.3 is 6.03 Å².